The zero-order valence-electron chi connectivity index (χ0n) is 22.1. The van der Waals surface area contributed by atoms with Crippen molar-refractivity contribution >= 4 is 11.6 Å². The second-order valence-corrected chi connectivity index (χ2v) is 13.2. The molecule has 0 aliphatic rings. The largest absolute Gasteiger partial charge is 0.298 e. The Labute approximate surface area is 186 Å². The summed E-state index contributed by atoms with van der Waals surface area (Å²) in [7, 11) is 0. The Balaban J connectivity index is 3.56. The molecule has 0 saturated carbocycles. The molecule has 0 atom stereocenters. The van der Waals surface area contributed by atoms with Crippen molar-refractivity contribution in [2.75, 3.05) is 0 Å². The average Bonchev–Trinajstić information content (AvgIpc) is 2.58. The highest BCUT2D eigenvalue weighted by Crippen LogP contribution is 2.49. The van der Waals surface area contributed by atoms with Gasteiger partial charge in [-0.05, 0) is 11.1 Å². The molecule has 2 nitrogen and oxygen atoms in total. The molecule has 0 aromatic heterocycles. The summed E-state index contributed by atoms with van der Waals surface area (Å²) in [5.41, 5.74) is -0.333. The van der Waals surface area contributed by atoms with E-state index in [2.05, 4.69) is 79.7 Å². The molecule has 0 fully saturated rings. The third-order valence-corrected chi connectivity index (χ3v) is 7.93. The lowest BCUT2D eigenvalue weighted by molar-refractivity contribution is -0.138. The van der Waals surface area contributed by atoms with E-state index in [4.69, 9.17) is 0 Å². The minimum atomic E-state index is -0.537. The van der Waals surface area contributed by atoms with E-state index < -0.39 is 21.7 Å². The topological polar surface area (TPSA) is 34.1 Å². The molecular weight excluding hydrogens is 368 g/mol. The first-order chi connectivity index (χ1) is 13.0. The molecule has 0 radical (unpaired) electrons. The number of benzene rings is 1. The van der Waals surface area contributed by atoms with Crippen LogP contribution in [0.5, 0.6) is 0 Å². The Morgan fingerprint density at radius 1 is 0.533 bits per heavy atom. The van der Waals surface area contributed by atoms with Crippen molar-refractivity contribution < 1.29 is 9.59 Å². The van der Waals surface area contributed by atoms with Gasteiger partial charge in [0, 0.05) is 32.5 Å². The summed E-state index contributed by atoms with van der Waals surface area (Å²) in [5.74, 6) is 0.515. The number of carbonyl (C=O) groups excluding carboxylic acids is 2. The number of ketones is 2. The van der Waals surface area contributed by atoms with Gasteiger partial charge in [0.05, 0.1) is 0 Å². The molecule has 0 N–H and O–H groups in total. The molecule has 0 amide bonds. The van der Waals surface area contributed by atoms with Crippen LogP contribution in [0, 0.1) is 21.7 Å². The van der Waals surface area contributed by atoms with Gasteiger partial charge in [-0.1, -0.05) is 121 Å². The van der Waals surface area contributed by atoms with Crippen molar-refractivity contribution in [3.05, 3.63) is 35.4 Å². The molecule has 0 bridgehead atoms. The summed E-state index contributed by atoms with van der Waals surface area (Å²) in [6, 6.07) is 8.53. The van der Waals surface area contributed by atoms with Crippen LogP contribution in [0.15, 0.2) is 24.3 Å². The minimum absolute atomic E-state index is 0.257. The van der Waals surface area contributed by atoms with Crippen LogP contribution in [0.25, 0.3) is 0 Å². The fraction of sp³-hybridized carbons (Fsp3) is 0.714. The summed E-state index contributed by atoms with van der Waals surface area (Å²) >= 11 is 0. The van der Waals surface area contributed by atoms with E-state index in [1.54, 1.807) is 0 Å². The standard InChI is InChI=1S/C28H46O2/c1-23(2,3)21(29)27(11,12)25(7,8)19-16-15-17-20(18-19)26(9,10)28(13,14)22(30)24(4,5)6/h15-18H,1-14H3. The summed E-state index contributed by atoms with van der Waals surface area (Å²) in [6.45, 7) is 28.8. The normalized spacial score (nSPS) is 14.6. The van der Waals surface area contributed by atoms with E-state index in [0.29, 0.717) is 0 Å². The number of Topliss-reactive ketones (excluding diaryl/α,β-unsaturated/α-hetero) is 2. The summed E-state index contributed by atoms with van der Waals surface area (Å²) in [6.07, 6.45) is 0. The van der Waals surface area contributed by atoms with Crippen molar-refractivity contribution in [3.8, 4) is 0 Å². The van der Waals surface area contributed by atoms with Gasteiger partial charge >= 0.3 is 0 Å². The highest BCUT2D eigenvalue weighted by molar-refractivity contribution is 5.91. The lowest BCUT2D eigenvalue weighted by atomic mass is 9.56. The molecule has 0 aliphatic heterocycles. The summed E-state index contributed by atoms with van der Waals surface area (Å²) < 4.78 is 0. The monoisotopic (exact) mass is 414 g/mol. The van der Waals surface area contributed by atoms with Gasteiger partial charge in [-0.2, -0.15) is 0 Å². The van der Waals surface area contributed by atoms with Gasteiger partial charge in [0.25, 0.3) is 0 Å². The zero-order valence-corrected chi connectivity index (χ0v) is 22.1. The first-order valence-corrected chi connectivity index (χ1v) is 11.2. The predicted octanol–water partition coefficient (Wildman–Crippen LogP) is 7.52. The summed E-state index contributed by atoms with van der Waals surface area (Å²) in [4.78, 5) is 26.6. The Morgan fingerprint density at radius 3 is 1.03 bits per heavy atom. The number of carbonyl (C=O) groups is 2. The average molecular weight is 415 g/mol. The van der Waals surface area contributed by atoms with Crippen LogP contribution in [0.2, 0.25) is 0 Å². The zero-order chi connectivity index (χ0) is 24.1. The van der Waals surface area contributed by atoms with Gasteiger partial charge in [0.15, 0.2) is 0 Å². The van der Waals surface area contributed by atoms with Crippen molar-refractivity contribution in [2.24, 2.45) is 21.7 Å². The van der Waals surface area contributed by atoms with Gasteiger partial charge in [-0.15, -0.1) is 0 Å². The molecule has 170 valence electrons. The fourth-order valence-corrected chi connectivity index (χ4v) is 4.46. The highest BCUT2D eigenvalue weighted by Gasteiger charge is 2.50. The highest BCUT2D eigenvalue weighted by atomic mass is 16.1. The van der Waals surface area contributed by atoms with Crippen molar-refractivity contribution in [1.29, 1.82) is 0 Å². The Hall–Kier alpha value is -1.44. The van der Waals surface area contributed by atoms with E-state index in [9.17, 15) is 9.59 Å². The minimum Gasteiger partial charge on any atom is -0.298 e. The van der Waals surface area contributed by atoms with Crippen molar-refractivity contribution in [2.45, 2.75) is 108 Å². The van der Waals surface area contributed by atoms with E-state index in [1.165, 1.54) is 0 Å². The molecule has 2 heteroatoms. The third kappa shape index (κ3) is 4.43. The molecule has 0 spiro atoms. The van der Waals surface area contributed by atoms with E-state index in [0.717, 1.165) is 11.1 Å². The quantitative estimate of drug-likeness (QED) is 0.482. The number of hydrogen-bond acceptors (Lipinski definition) is 2. The molecular formula is C28H46O2. The van der Waals surface area contributed by atoms with Crippen LogP contribution in [-0.2, 0) is 20.4 Å². The molecule has 30 heavy (non-hydrogen) atoms. The third-order valence-electron chi connectivity index (χ3n) is 7.93. The number of rotatable bonds is 6. The van der Waals surface area contributed by atoms with Crippen LogP contribution in [-0.4, -0.2) is 11.6 Å². The molecule has 1 aromatic rings. The van der Waals surface area contributed by atoms with Gasteiger partial charge in [-0.3, -0.25) is 9.59 Å². The lowest BCUT2D eigenvalue weighted by Crippen LogP contribution is -2.49. The fourth-order valence-electron chi connectivity index (χ4n) is 4.46. The molecule has 0 aliphatic carbocycles. The molecule has 0 saturated heterocycles. The maximum Gasteiger partial charge on any atom is 0.144 e. The van der Waals surface area contributed by atoms with Crippen molar-refractivity contribution in [3.63, 3.8) is 0 Å². The Kier molecular flexibility index (Phi) is 6.74. The van der Waals surface area contributed by atoms with Crippen LogP contribution in [0.3, 0.4) is 0 Å². The van der Waals surface area contributed by atoms with Gasteiger partial charge in [0.2, 0.25) is 0 Å². The Morgan fingerprint density at radius 2 is 0.800 bits per heavy atom. The maximum atomic E-state index is 13.3. The predicted molar refractivity (Wildman–Crippen MR) is 129 cm³/mol. The maximum absolute atomic E-state index is 13.3. The van der Waals surface area contributed by atoms with Crippen LogP contribution >= 0.6 is 0 Å². The van der Waals surface area contributed by atoms with Crippen LogP contribution in [0.1, 0.15) is 108 Å². The number of hydrogen-bond donors (Lipinski definition) is 0. The molecule has 1 rings (SSSR count). The molecule has 0 unspecified atom stereocenters. The second-order valence-electron chi connectivity index (χ2n) is 13.2. The van der Waals surface area contributed by atoms with Gasteiger partial charge in [-0.25, -0.2) is 0 Å². The van der Waals surface area contributed by atoms with Crippen LogP contribution < -0.4 is 0 Å². The van der Waals surface area contributed by atoms with E-state index in [1.807, 2.05) is 41.5 Å². The second kappa shape index (κ2) is 7.61. The van der Waals surface area contributed by atoms with Gasteiger partial charge < -0.3 is 0 Å². The van der Waals surface area contributed by atoms with E-state index >= 15 is 0 Å². The SMILES string of the molecule is CC(C)(C)C(=O)C(C)(C)C(C)(C)c1cccc(C(C)(C)C(C)(C)C(=O)C(C)(C)C)c1. The first kappa shape index (κ1) is 26.6. The van der Waals surface area contributed by atoms with Crippen LogP contribution in [0.4, 0.5) is 0 Å². The van der Waals surface area contributed by atoms with E-state index in [-0.39, 0.29) is 22.4 Å². The smallest absolute Gasteiger partial charge is 0.144 e. The summed E-state index contributed by atoms with van der Waals surface area (Å²) in [5, 5.41) is 0. The Bertz CT molecular complexity index is 741. The lowest BCUT2D eigenvalue weighted by Gasteiger charge is -2.46. The first-order valence-electron chi connectivity index (χ1n) is 11.2. The molecule has 1 aromatic carbocycles. The molecule has 0 heterocycles. The van der Waals surface area contributed by atoms with Crippen molar-refractivity contribution in [1.82, 2.24) is 0 Å². The van der Waals surface area contributed by atoms with Gasteiger partial charge in [0.1, 0.15) is 11.6 Å².